The van der Waals surface area contributed by atoms with Crippen LogP contribution in [0.2, 0.25) is 0 Å². The topological polar surface area (TPSA) is 44.1 Å². The average molecular weight is 234 g/mol. The Balaban J connectivity index is 2.77. The normalized spacial score (nSPS) is 10.3. The third kappa shape index (κ3) is 1.91. The first kappa shape index (κ1) is 11.3. The molecule has 2 aromatic rings. The zero-order valence-corrected chi connectivity index (χ0v) is 9.48. The van der Waals surface area contributed by atoms with E-state index in [9.17, 15) is 9.18 Å². The zero-order valence-electron chi connectivity index (χ0n) is 9.48. The van der Waals surface area contributed by atoms with Crippen LogP contribution in [-0.4, -0.2) is 16.9 Å². The molecule has 0 aliphatic carbocycles. The maximum Gasteiger partial charge on any atom is 0.274 e. The summed E-state index contributed by atoms with van der Waals surface area (Å²) in [6.07, 6.45) is 1.45. The number of benzene rings is 1. The molecule has 0 aliphatic heterocycles. The van der Waals surface area contributed by atoms with Gasteiger partial charge in [0.1, 0.15) is 11.4 Å². The molecule has 88 valence electrons. The summed E-state index contributed by atoms with van der Waals surface area (Å²) in [7, 11) is 1.42. The first-order valence-corrected chi connectivity index (χ1v) is 5.03. The lowest BCUT2D eigenvalue weighted by molar-refractivity contribution is 0.406. The molecule has 0 radical (unpaired) electrons. The van der Waals surface area contributed by atoms with Crippen molar-refractivity contribution in [1.82, 2.24) is 9.78 Å². The predicted octanol–water partition coefficient (Wildman–Crippen LogP) is 1.69. The lowest BCUT2D eigenvalue weighted by atomic mass is 10.2. The Labute approximate surface area is 97.3 Å². The number of aromatic nitrogens is 2. The molecule has 17 heavy (non-hydrogen) atoms. The monoisotopic (exact) mass is 234 g/mol. The molecule has 0 atom stereocenters. The first-order valence-electron chi connectivity index (χ1n) is 5.03. The number of ether oxygens (including phenoxy) is 1. The minimum absolute atomic E-state index is 0.0312. The maximum absolute atomic E-state index is 13.8. The van der Waals surface area contributed by atoms with Gasteiger partial charge in [0.05, 0.1) is 7.11 Å². The Bertz CT molecular complexity index is 608. The molecule has 0 unspecified atom stereocenters. The van der Waals surface area contributed by atoms with Gasteiger partial charge in [-0.2, -0.15) is 9.78 Å². The second-order valence-corrected chi connectivity index (χ2v) is 3.52. The molecule has 0 bridgehead atoms. The summed E-state index contributed by atoms with van der Waals surface area (Å²) < 4.78 is 19.8. The molecule has 0 spiro atoms. The average Bonchev–Trinajstić information content (AvgIpc) is 2.33. The zero-order chi connectivity index (χ0) is 12.4. The minimum Gasteiger partial charge on any atom is -0.494 e. The molecule has 0 aliphatic rings. The molecule has 5 heteroatoms. The lowest BCUT2D eigenvalue weighted by Crippen LogP contribution is -2.24. The van der Waals surface area contributed by atoms with Gasteiger partial charge in [-0.15, -0.1) is 0 Å². The fraction of sp³-hybridized carbons (Fsp3) is 0.167. The largest absolute Gasteiger partial charge is 0.494 e. The van der Waals surface area contributed by atoms with Crippen molar-refractivity contribution >= 4 is 0 Å². The highest BCUT2D eigenvalue weighted by Crippen LogP contribution is 2.23. The number of hydrogen-bond acceptors (Lipinski definition) is 3. The number of hydrogen-bond donors (Lipinski definition) is 0. The lowest BCUT2D eigenvalue weighted by Gasteiger charge is -2.10. The van der Waals surface area contributed by atoms with Crippen molar-refractivity contribution in [2.45, 2.75) is 6.92 Å². The molecule has 0 saturated heterocycles. The van der Waals surface area contributed by atoms with Crippen LogP contribution >= 0.6 is 0 Å². The van der Waals surface area contributed by atoms with Crippen molar-refractivity contribution in [3.8, 4) is 11.4 Å². The van der Waals surface area contributed by atoms with Crippen LogP contribution in [0.4, 0.5) is 4.39 Å². The molecule has 1 heterocycles. The third-order valence-corrected chi connectivity index (χ3v) is 2.42. The molecule has 0 N–H and O–H groups in total. The number of halogens is 1. The summed E-state index contributed by atoms with van der Waals surface area (Å²) in [5.74, 6) is -0.283. The van der Waals surface area contributed by atoms with E-state index in [1.54, 1.807) is 19.1 Å². The molecule has 1 aromatic heterocycles. The van der Waals surface area contributed by atoms with E-state index in [1.807, 2.05) is 0 Å². The maximum atomic E-state index is 13.8. The second kappa shape index (κ2) is 4.37. The Morgan fingerprint density at radius 3 is 2.82 bits per heavy atom. The molecule has 0 amide bonds. The summed E-state index contributed by atoms with van der Waals surface area (Å²) in [5.41, 5.74) is 0.157. The number of aryl methyl sites for hydroxylation is 1. The van der Waals surface area contributed by atoms with Crippen LogP contribution in [0.15, 0.2) is 35.3 Å². The third-order valence-electron chi connectivity index (χ3n) is 2.42. The second-order valence-electron chi connectivity index (χ2n) is 3.52. The van der Waals surface area contributed by atoms with Gasteiger partial charge in [-0.25, -0.2) is 4.39 Å². The van der Waals surface area contributed by atoms with Crippen LogP contribution in [0.25, 0.3) is 5.69 Å². The highest BCUT2D eigenvalue weighted by Gasteiger charge is 2.14. The summed E-state index contributed by atoms with van der Waals surface area (Å²) in [6, 6.07) is 5.92. The van der Waals surface area contributed by atoms with Crippen molar-refractivity contribution in [2.24, 2.45) is 0 Å². The van der Waals surface area contributed by atoms with E-state index in [0.717, 1.165) is 4.68 Å². The van der Waals surface area contributed by atoms with Gasteiger partial charge < -0.3 is 4.74 Å². The smallest absolute Gasteiger partial charge is 0.274 e. The number of para-hydroxylation sites is 1. The van der Waals surface area contributed by atoms with Crippen LogP contribution in [0.3, 0.4) is 0 Å². The Kier molecular flexibility index (Phi) is 2.91. The van der Waals surface area contributed by atoms with Gasteiger partial charge in [0.25, 0.3) is 5.56 Å². The summed E-state index contributed by atoms with van der Waals surface area (Å²) in [5, 5.41) is 3.86. The Morgan fingerprint density at radius 2 is 2.12 bits per heavy atom. The van der Waals surface area contributed by atoms with Crippen molar-refractivity contribution < 1.29 is 9.13 Å². The SMILES string of the molecule is COc1cccc(F)c1-n1nccc(C)c1=O. The van der Waals surface area contributed by atoms with Gasteiger partial charge in [-0.3, -0.25) is 4.79 Å². The fourth-order valence-electron chi connectivity index (χ4n) is 1.53. The molecular formula is C12H11FN2O2. The molecular weight excluding hydrogens is 223 g/mol. The number of methoxy groups -OCH3 is 1. The van der Waals surface area contributed by atoms with Crippen LogP contribution in [0.1, 0.15) is 5.56 Å². The minimum atomic E-state index is -0.551. The van der Waals surface area contributed by atoms with E-state index < -0.39 is 5.82 Å². The van der Waals surface area contributed by atoms with E-state index in [0.29, 0.717) is 5.56 Å². The Morgan fingerprint density at radius 1 is 1.35 bits per heavy atom. The van der Waals surface area contributed by atoms with Crippen molar-refractivity contribution in [3.63, 3.8) is 0 Å². The van der Waals surface area contributed by atoms with E-state index in [1.165, 1.54) is 25.4 Å². The quantitative estimate of drug-likeness (QED) is 0.794. The summed E-state index contributed by atoms with van der Waals surface area (Å²) in [6.45, 7) is 1.65. The highest BCUT2D eigenvalue weighted by molar-refractivity contribution is 5.47. The van der Waals surface area contributed by atoms with Crippen LogP contribution in [0.5, 0.6) is 5.75 Å². The van der Waals surface area contributed by atoms with Gasteiger partial charge in [0.15, 0.2) is 5.82 Å². The number of nitrogens with zero attached hydrogens (tertiary/aromatic N) is 2. The molecule has 0 saturated carbocycles. The van der Waals surface area contributed by atoms with Crippen LogP contribution in [-0.2, 0) is 0 Å². The van der Waals surface area contributed by atoms with Gasteiger partial charge in [-0.1, -0.05) is 6.07 Å². The molecule has 4 nitrogen and oxygen atoms in total. The first-order chi connectivity index (χ1) is 8.15. The standard InChI is InChI=1S/C12H11FN2O2/c1-8-6-7-14-15(12(8)16)11-9(13)4-3-5-10(11)17-2/h3-7H,1-2H3. The van der Waals surface area contributed by atoms with E-state index >= 15 is 0 Å². The highest BCUT2D eigenvalue weighted by atomic mass is 19.1. The molecule has 0 fully saturated rings. The van der Waals surface area contributed by atoms with E-state index in [-0.39, 0.29) is 17.0 Å². The van der Waals surface area contributed by atoms with Gasteiger partial charge in [0, 0.05) is 11.8 Å². The van der Waals surface area contributed by atoms with Crippen molar-refractivity contribution in [3.05, 3.63) is 52.2 Å². The van der Waals surface area contributed by atoms with Crippen molar-refractivity contribution in [2.75, 3.05) is 7.11 Å². The number of rotatable bonds is 2. The van der Waals surface area contributed by atoms with Gasteiger partial charge in [0.2, 0.25) is 0 Å². The van der Waals surface area contributed by atoms with E-state index in [2.05, 4.69) is 5.10 Å². The summed E-state index contributed by atoms with van der Waals surface area (Å²) in [4.78, 5) is 11.9. The van der Waals surface area contributed by atoms with Gasteiger partial charge >= 0.3 is 0 Å². The molecule has 2 rings (SSSR count). The van der Waals surface area contributed by atoms with Gasteiger partial charge in [-0.05, 0) is 25.1 Å². The van der Waals surface area contributed by atoms with Crippen molar-refractivity contribution in [1.29, 1.82) is 0 Å². The van der Waals surface area contributed by atoms with Crippen LogP contribution in [0, 0.1) is 12.7 Å². The molecule has 1 aromatic carbocycles. The Hall–Kier alpha value is -2.17. The fourth-order valence-corrected chi connectivity index (χ4v) is 1.53. The predicted molar refractivity (Wildman–Crippen MR) is 61.1 cm³/mol. The van der Waals surface area contributed by atoms with Crippen LogP contribution < -0.4 is 10.3 Å². The van der Waals surface area contributed by atoms with E-state index in [4.69, 9.17) is 4.74 Å². The summed E-state index contributed by atoms with van der Waals surface area (Å²) >= 11 is 0.